The summed E-state index contributed by atoms with van der Waals surface area (Å²) in [5.41, 5.74) is 0.856. The Labute approximate surface area is 183 Å². The Morgan fingerprint density at radius 3 is 2.25 bits per heavy atom. The Kier molecular flexibility index (Phi) is 6.65. The van der Waals surface area contributed by atoms with Gasteiger partial charge in [-0.2, -0.15) is 5.26 Å². The van der Waals surface area contributed by atoms with Crippen LogP contribution in [-0.2, 0) is 14.3 Å². The summed E-state index contributed by atoms with van der Waals surface area (Å²) in [6.07, 6.45) is 1.10. The van der Waals surface area contributed by atoms with Crippen LogP contribution in [0.15, 0.2) is 48.0 Å². The lowest BCUT2D eigenvalue weighted by atomic mass is 10.1. The Bertz CT molecular complexity index is 1140. The van der Waals surface area contributed by atoms with Gasteiger partial charge in [0, 0.05) is 6.54 Å². The van der Waals surface area contributed by atoms with Gasteiger partial charge < -0.3 is 14.2 Å². The molecule has 0 N–H and O–H groups in total. The summed E-state index contributed by atoms with van der Waals surface area (Å²) in [6, 6.07) is 12.6. The summed E-state index contributed by atoms with van der Waals surface area (Å²) in [5, 5.41) is 9.06. The number of rotatable bonds is 7. The van der Waals surface area contributed by atoms with Crippen molar-refractivity contribution >= 4 is 29.8 Å². The summed E-state index contributed by atoms with van der Waals surface area (Å²) in [5.74, 6) is -2.06. The first kappa shape index (κ1) is 22.2. The fourth-order valence-electron chi connectivity index (χ4n) is 3.09. The van der Waals surface area contributed by atoms with Crippen LogP contribution in [-0.4, -0.2) is 49.4 Å². The van der Waals surface area contributed by atoms with Gasteiger partial charge in [0.15, 0.2) is 11.5 Å². The average molecular weight is 434 g/mol. The zero-order chi connectivity index (χ0) is 23.3. The highest BCUT2D eigenvalue weighted by Gasteiger charge is 2.35. The van der Waals surface area contributed by atoms with Crippen molar-refractivity contribution < 1.29 is 33.4 Å². The molecule has 0 atom stereocenters. The van der Waals surface area contributed by atoms with Crippen molar-refractivity contribution in [1.82, 2.24) is 4.90 Å². The molecule has 0 bridgehead atoms. The number of nitrogens with zero attached hydrogens (tertiary/aromatic N) is 2. The maximum absolute atomic E-state index is 12.4. The van der Waals surface area contributed by atoms with Crippen LogP contribution >= 0.6 is 0 Å². The molecule has 9 heteroatoms. The molecule has 0 spiro atoms. The van der Waals surface area contributed by atoms with E-state index < -0.39 is 23.8 Å². The first-order valence-electron chi connectivity index (χ1n) is 9.43. The van der Waals surface area contributed by atoms with Crippen LogP contribution < -0.4 is 9.47 Å². The van der Waals surface area contributed by atoms with Gasteiger partial charge in [-0.25, -0.2) is 4.79 Å². The van der Waals surface area contributed by atoms with Gasteiger partial charge in [0.25, 0.3) is 11.8 Å². The Morgan fingerprint density at radius 2 is 1.69 bits per heavy atom. The Hall–Kier alpha value is -4.45. The molecular formula is C23H18N2O7. The van der Waals surface area contributed by atoms with Crippen LogP contribution in [0.1, 0.15) is 32.7 Å². The molecule has 0 saturated heterocycles. The third-order valence-corrected chi connectivity index (χ3v) is 4.67. The predicted octanol–water partition coefficient (Wildman–Crippen LogP) is 2.37. The van der Waals surface area contributed by atoms with Crippen molar-refractivity contribution in [2.75, 3.05) is 20.8 Å². The molecule has 1 heterocycles. The standard InChI is InChI=1S/C23H18N2O7/c1-30-19-12-14(11-15(13-24)23(29)31-2)7-8-18(19)32-20(26)9-10-25-21(27)16-5-3-4-6-17(16)22(25)28/h3-8,11-12H,9-10H2,1-2H3/b15-11+. The number of fused-ring (bicyclic) bond motifs is 1. The number of esters is 2. The number of carbonyl (C=O) groups is 4. The Balaban J connectivity index is 1.67. The van der Waals surface area contributed by atoms with Crippen LogP contribution in [0.25, 0.3) is 6.08 Å². The van der Waals surface area contributed by atoms with Crippen molar-refractivity contribution in [3.8, 4) is 17.6 Å². The minimum atomic E-state index is -0.782. The topological polar surface area (TPSA) is 123 Å². The predicted molar refractivity (Wildman–Crippen MR) is 111 cm³/mol. The van der Waals surface area contributed by atoms with Gasteiger partial charge in [0.05, 0.1) is 31.8 Å². The van der Waals surface area contributed by atoms with Crippen LogP contribution in [0, 0.1) is 11.3 Å². The van der Waals surface area contributed by atoms with Crippen molar-refractivity contribution in [3.05, 3.63) is 64.7 Å². The van der Waals surface area contributed by atoms with E-state index in [1.165, 1.54) is 38.5 Å². The fourth-order valence-corrected chi connectivity index (χ4v) is 3.09. The minimum absolute atomic E-state index is 0.105. The van der Waals surface area contributed by atoms with E-state index in [9.17, 15) is 19.2 Å². The molecule has 162 valence electrons. The van der Waals surface area contributed by atoms with Gasteiger partial charge in [-0.3, -0.25) is 19.3 Å². The fraction of sp³-hybridized carbons (Fsp3) is 0.174. The number of imide groups is 1. The third kappa shape index (κ3) is 4.49. The number of ether oxygens (including phenoxy) is 3. The second kappa shape index (κ2) is 9.57. The van der Waals surface area contributed by atoms with Gasteiger partial charge in [0.2, 0.25) is 0 Å². The van der Waals surface area contributed by atoms with Crippen molar-refractivity contribution in [3.63, 3.8) is 0 Å². The van der Waals surface area contributed by atoms with E-state index in [2.05, 4.69) is 4.74 Å². The van der Waals surface area contributed by atoms with E-state index >= 15 is 0 Å². The molecule has 0 unspecified atom stereocenters. The quantitative estimate of drug-likeness (QED) is 0.214. The lowest BCUT2D eigenvalue weighted by molar-refractivity contribution is -0.136. The van der Waals surface area contributed by atoms with E-state index in [0.717, 1.165) is 4.90 Å². The van der Waals surface area contributed by atoms with Crippen LogP contribution in [0.4, 0.5) is 0 Å². The zero-order valence-electron chi connectivity index (χ0n) is 17.3. The van der Waals surface area contributed by atoms with E-state index in [0.29, 0.717) is 16.7 Å². The number of benzene rings is 2. The first-order valence-corrected chi connectivity index (χ1v) is 9.43. The van der Waals surface area contributed by atoms with Gasteiger partial charge in [-0.05, 0) is 35.9 Å². The molecule has 32 heavy (non-hydrogen) atoms. The second-order valence-corrected chi connectivity index (χ2v) is 6.60. The monoisotopic (exact) mass is 434 g/mol. The molecule has 1 aliphatic rings. The molecule has 9 nitrogen and oxygen atoms in total. The number of methoxy groups -OCH3 is 2. The molecular weight excluding hydrogens is 416 g/mol. The summed E-state index contributed by atoms with van der Waals surface area (Å²) >= 11 is 0. The van der Waals surface area contributed by atoms with Crippen molar-refractivity contribution in [2.24, 2.45) is 0 Å². The van der Waals surface area contributed by atoms with Crippen molar-refractivity contribution in [1.29, 1.82) is 5.26 Å². The molecule has 2 aromatic rings. The van der Waals surface area contributed by atoms with Gasteiger partial charge >= 0.3 is 11.9 Å². The minimum Gasteiger partial charge on any atom is -0.493 e. The third-order valence-electron chi connectivity index (χ3n) is 4.67. The molecule has 0 aliphatic carbocycles. The Morgan fingerprint density at radius 1 is 1.03 bits per heavy atom. The normalized spacial score (nSPS) is 12.8. The van der Waals surface area contributed by atoms with Crippen LogP contribution in [0.2, 0.25) is 0 Å². The number of amides is 2. The molecule has 3 rings (SSSR count). The number of nitriles is 1. The van der Waals surface area contributed by atoms with E-state index in [4.69, 9.17) is 14.7 Å². The zero-order valence-corrected chi connectivity index (χ0v) is 17.3. The maximum atomic E-state index is 12.4. The number of hydrogen-bond acceptors (Lipinski definition) is 8. The summed E-state index contributed by atoms with van der Waals surface area (Å²) < 4.78 is 15.1. The van der Waals surface area contributed by atoms with Gasteiger partial charge in [-0.1, -0.05) is 18.2 Å². The highest BCUT2D eigenvalue weighted by molar-refractivity contribution is 6.21. The average Bonchev–Trinajstić information content (AvgIpc) is 3.06. The molecule has 0 aromatic heterocycles. The SMILES string of the molecule is COC(=O)/C(C#N)=C/c1ccc(OC(=O)CCN2C(=O)c3ccccc3C2=O)c(OC)c1. The molecule has 0 saturated carbocycles. The molecule has 2 aromatic carbocycles. The lowest BCUT2D eigenvalue weighted by Crippen LogP contribution is -2.32. The van der Waals surface area contributed by atoms with E-state index in [1.54, 1.807) is 30.3 Å². The smallest absolute Gasteiger partial charge is 0.348 e. The summed E-state index contributed by atoms with van der Waals surface area (Å²) in [7, 11) is 2.53. The summed E-state index contributed by atoms with van der Waals surface area (Å²) in [6.45, 7) is -0.126. The molecule has 0 fully saturated rings. The molecule has 2 amide bonds. The van der Waals surface area contributed by atoms with Crippen LogP contribution in [0.3, 0.4) is 0 Å². The largest absolute Gasteiger partial charge is 0.493 e. The number of hydrogen-bond donors (Lipinski definition) is 0. The first-order chi connectivity index (χ1) is 15.4. The van der Waals surface area contributed by atoms with Crippen molar-refractivity contribution in [2.45, 2.75) is 6.42 Å². The van der Waals surface area contributed by atoms with E-state index in [-0.39, 0.29) is 30.0 Å². The summed E-state index contributed by atoms with van der Waals surface area (Å²) in [4.78, 5) is 49.6. The maximum Gasteiger partial charge on any atom is 0.348 e. The van der Waals surface area contributed by atoms with Crippen LogP contribution in [0.5, 0.6) is 11.5 Å². The highest BCUT2D eigenvalue weighted by atomic mass is 16.6. The molecule has 1 aliphatic heterocycles. The van der Waals surface area contributed by atoms with Gasteiger partial charge in [-0.15, -0.1) is 0 Å². The molecule has 0 radical (unpaired) electrons. The highest BCUT2D eigenvalue weighted by Crippen LogP contribution is 2.30. The van der Waals surface area contributed by atoms with Gasteiger partial charge in [0.1, 0.15) is 11.6 Å². The second-order valence-electron chi connectivity index (χ2n) is 6.60. The number of carbonyl (C=O) groups excluding carboxylic acids is 4. The lowest BCUT2D eigenvalue weighted by Gasteiger charge is -2.14. The van der Waals surface area contributed by atoms with E-state index in [1.807, 2.05) is 0 Å².